The predicted molar refractivity (Wildman–Crippen MR) is 78.4 cm³/mol. The van der Waals surface area contributed by atoms with Gasteiger partial charge in [-0.1, -0.05) is 0 Å². The Morgan fingerprint density at radius 2 is 2.40 bits per heavy atom. The van der Waals surface area contributed by atoms with Crippen LogP contribution in [0.3, 0.4) is 0 Å². The molecule has 0 amide bonds. The van der Waals surface area contributed by atoms with Crippen LogP contribution in [0.15, 0.2) is 4.99 Å². The van der Waals surface area contributed by atoms with Gasteiger partial charge in [-0.2, -0.15) is 11.8 Å². The summed E-state index contributed by atoms with van der Waals surface area (Å²) in [6.45, 7) is 5.43. The molecule has 1 saturated heterocycles. The van der Waals surface area contributed by atoms with Gasteiger partial charge in [0.1, 0.15) is 0 Å². The van der Waals surface area contributed by atoms with Gasteiger partial charge in [0.15, 0.2) is 5.96 Å². The largest absolute Gasteiger partial charge is 0.356 e. The molecule has 15 heavy (non-hydrogen) atoms. The standard InChI is InChI=1S/C10H19N3S.HI/c1-10(4-2-7-14-10)8-13-9-11-5-3-6-12-9;/h2-8H2,1H3,(H2,11,12,13);1H. The highest BCUT2D eigenvalue weighted by Crippen LogP contribution is 2.36. The topological polar surface area (TPSA) is 36.4 Å². The minimum atomic E-state index is 0. The zero-order valence-electron chi connectivity index (χ0n) is 9.21. The highest BCUT2D eigenvalue weighted by Gasteiger charge is 2.29. The second-order valence-corrected chi connectivity index (χ2v) is 5.95. The van der Waals surface area contributed by atoms with Crippen molar-refractivity contribution in [3.05, 3.63) is 0 Å². The molecule has 5 heteroatoms. The summed E-state index contributed by atoms with van der Waals surface area (Å²) < 4.78 is 0.432. The van der Waals surface area contributed by atoms with Gasteiger partial charge in [-0.3, -0.25) is 4.99 Å². The van der Waals surface area contributed by atoms with Crippen LogP contribution in [-0.2, 0) is 0 Å². The van der Waals surface area contributed by atoms with Crippen LogP contribution in [0.5, 0.6) is 0 Å². The van der Waals surface area contributed by atoms with E-state index < -0.39 is 0 Å². The monoisotopic (exact) mass is 341 g/mol. The van der Waals surface area contributed by atoms with Gasteiger partial charge < -0.3 is 10.6 Å². The van der Waals surface area contributed by atoms with E-state index in [-0.39, 0.29) is 24.0 Å². The number of nitrogens with one attached hydrogen (secondary N) is 2. The third-order valence-electron chi connectivity index (χ3n) is 2.83. The van der Waals surface area contributed by atoms with Crippen LogP contribution in [0.1, 0.15) is 26.2 Å². The van der Waals surface area contributed by atoms with Crippen molar-refractivity contribution in [2.75, 3.05) is 25.4 Å². The molecule has 0 bridgehead atoms. The predicted octanol–water partition coefficient (Wildman–Crippen LogP) is 1.83. The Morgan fingerprint density at radius 1 is 1.53 bits per heavy atom. The maximum absolute atomic E-state index is 4.41. The first-order valence-electron chi connectivity index (χ1n) is 5.45. The summed E-state index contributed by atoms with van der Waals surface area (Å²) in [7, 11) is 0. The van der Waals surface area contributed by atoms with Gasteiger partial charge in [-0.15, -0.1) is 24.0 Å². The van der Waals surface area contributed by atoms with Crippen LogP contribution in [0.4, 0.5) is 0 Å². The first-order valence-corrected chi connectivity index (χ1v) is 6.43. The fourth-order valence-corrected chi connectivity index (χ4v) is 3.14. The zero-order valence-corrected chi connectivity index (χ0v) is 12.4. The Labute approximate surface area is 113 Å². The van der Waals surface area contributed by atoms with Gasteiger partial charge in [0.2, 0.25) is 0 Å². The molecule has 1 atom stereocenters. The van der Waals surface area contributed by atoms with Crippen molar-refractivity contribution >= 4 is 41.7 Å². The maximum atomic E-state index is 4.41. The first kappa shape index (κ1) is 13.4. The lowest BCUT2D eigenvalue weighted by atomic mass is 10.1. The molecule has 2 aliphatic heterocycles. The van der Waals surface area contributed by atoms with Crippen molar-refractivity contribution in [1.82, 2.24) is 10.6 Å². The summed E-state index contributed by atoms with van der Waals surface area (Å²) in [5.74, 6) is 2.32. The molecule has 3 nitrogen and oxygen atoms in total. The smallest absolute Gasteiger partial charge is 0.191 e. The molecule has 1 fully saturated rings. The second-order valence-electron chi connectivity index (χ2n) is 4.27. The second kappa shape index (κ2) is 6.18. The van der Waals surface area contributed by atoms with E-state index in [1.807, 2.05) is 0 Å². The van der Waals surface area contributed by atoms with Crippen LogP contribution in [0.25, 0.3) is 0 Å². The van der Waals surface area contributed by atoms with Crippen LogP contribution < -0.4 is 10.6 Å². The van der Waals surface area contributed by atoms with Gasteiger partial charge >= 0.3 is 0 Å². The quantitative estimate of drug-likeness (QED) is 0.753. The number of guanidine groups is 1. The average Bonchev–Trinajstić information content (AvgIpc) is 2.65. The van der Waals surface area contributed by atoms with Crippen LogP contribution >= 0.6 is 35.7 Å². The van der Waals surface area contributed by atoms with Gasteiger partial charge in [0, 0.05) is 24.4 Å². The molecule has 0 aromatic rings. The molecule has 0 aromatic carbocycles. The molecular formula is C10H20IN3S. The summed E-state index contributed by atoms with van der Waals surface area (Å²) in [5, 5.41) is 6.71. The average molecular weight is 341 g/mol. The zero-order chi connectivity index (χ0) is 9.86. The highest BCUT2D eigenvalue weighted by atomic mass is 127. The Bertz CT molecular complexity index is 227. The normalized spacial score (nSPS) is 30.1. The fourth-order valence-electron chi connectivity index (χ4n) is 1.90. The van der Waals surface area contributed by atoms with E-state index in [0.29, 0.717) is 4.75 Å². The van der Waals surface area contributed by atoms with E-state index in [4.69, 9.17) is 0 Å². The molecule has 0 saturated carbocycles. The van der Waals surface area contributed by atoms with Crippen molar-refractivity contribution in [2.24, 2.45) is 4.99 Å². The van der Waals surface area contributed by atoms with Gasteiger partial charge in [0.05, 0.1) is 0 Å². The summed E-state index contributed by atoms with van der Waals surface area (Å²) in [6, 6.07) is 0. The fraction of sp³-hybridized carbons (Fsp3) is 0.900. The molecule has 2 rings (SSSR count). The van der Waals surface area contributed by atoms with Crippen molar-refractivity contribution in [2.45, 2.75) is 30.9 Å². The number of halogens is 1. The number of hydrogen-bond donors (Lipinski definition) is 2. The molecule has 88 valence electrons. The molecule has 1 unspecified atom stereocenters. The van der Waals surface area contributed by atoms with E-state index in [1.165, 1.54) is 18.6 Å². The SMILES string of the molecule is CC1(CNC2=NCCCN2)CCCS1.I. The lowest BCUT2D eigenvalue weighted by molar-refractivity contribution is 0.578. The van der Waals surface area contributed by atoms with Gasteiger partial charge in [0.25, 0.3) is 0 Å². The summed E-state index contributed by atoms with van der Waals surface area (Å²) >= 11 is 2.09. The molecule has 2 heterocycles. The first-order chi connectivity index (χ1) is 6.79. The van der Waals surface area contributed by atoms with Crippen LogP contribution in [-0.4, -0.2) is 36.1 Å². The van der Waals surface area contributed by atoms with E-state index in [9.17, 15) is 0 Å². The number of hydrogen-bond acceptors (Lipinski definition) is 4. The van der Waals surface area contributed by atoms with E-state index >= 15 is 0 Å². The van der Waals surface area contributed by atoms with E-state index in [0.717, 1.165) is 32.0 Å². The number of aliphatic imine (C=N–C) groups is 1. The molecule has 2 N–H and O–H groups in total. The Hall–Kier alpha value is 0.350. The van der Waals surface area contributed by atoms with Crippen molar-refractivity contribution in [3.8, 4) is 0 Å². The van der Waals surface area contributed by atoms with E-state index in [2.05, 4.69) is 34.3 Å². The molecular weight excluding hydrogens is 321 g/mol. The van der Waals surface area contributed by atoms with Crippen molar-refractivity contribution in [3.63, 3.8) is 0 Å². The number of nitrogens with zero attached hydrogens (tertiary/aromatic N) is 1. The number of rotatable bonds is 2. The maximum Gasteiger partial charge on any atom is 0.191 e. The molecule has 0 radical (unpaired) electrons. The van der Waals surface area contributed by atoms with Gasteiger partial charge in [-0.05, 0) is 31.9 Å². The Morgan fingerprint density at radius 3 is 3.00 bits per heavy atom. The molecule has 2 aliphatic rings. The Kier molecular flexibility index (Phi) is 5.52. The van der Waals surface area contributed by atoms with Gasteiger partial charge in [-0.25, -0.2) is 0 Å². The lowest BCUT2D eigenvalue weighted by Gasteiger charge is -2.25. The lowest BCUT2D eigenvalue weighted by Crippen LogP contribution is -2.45. The molecule has 0 aromatic heterocycles. The summed E-state index contributed by atoms with van der Waals surface area (Å²) in [4.78, 5) is 4.41. The minimum Gasteiger partial charge on any atom is -0.356 e. The Balaban J connectivity index is 0.00000112. The third-order valence-corrected chi connectivity index (χ3v) is 4.37. The third kappa shape index (κ3) is 4.01. The molecule has 0 aliphatic carbocycles. The van der Waals surface area contributed by atoms with Crippen molar-refractivity contribution < 1.29 is 0 Å². The van der Waals surface area contributed by atoms with E-state index in [1.54, 1.807) is 0 Å². The van der Waals surface area contributed by atoms with Crippen LogP contribution in [0, 0.1) is 0 Å². The molecule has 0 spiro atoms. The summed E-state index contributed by atoms with van der Waals surface area (Å²) in [5.41, 5.74) is 0. The van der Waals surface area contributed by atoms with Crippen LogP contribution in [0.2, 0.25) is 0 Å². The number of thioether (sulfide) groups is 1. The minimum absolute atomic E-state index is 0. The highest BCUT2D eigenvalue weighted by molar-refractivity contribution is 14.0. The summed E-state index contributed by atoms with van der Waals surface area (Å²) in [6.07, 6.45) is 3.86. The van der Waals surface area contributed by atoms with Crippen molar-refractivity contribution in [1.29, 1.82) is 0 Å².